The number of thioether (sulfide) groups is 2. The Balaban J connectivity index is 1.51. The molecule has 2 aliphatic rings. The fourth-order valence-electron chi connectivity index (χ4n) is 3.29. The van der Waals surface area contributed by atoms with Crippen LogP contribution >= 0.6 is 23.5 Å². The van der Waals surface area contributed by atoms with Crippen molar-refractivity contribution >= 4 is 46.9 Å². The zero-order chi connectivity index (χ0) is 21.1. The summed E-state index contributed by atoms with van der Waals surface area (Å²) >= 11 is 2.95. The van der Waals surface area contributed by atoms with Crippen LogP contribution in [0.3, 0.4) is 0 Å². The molecule has 0 radical (unpaired) electrons. The van der Waals surface area contributed by atoms with Crippen LogP contribution in [0.15, 0.2) is 64.8 Å². The van der Waals surface area contributed by atoms with E-state index in [1.807, 2.05) is 41.3 Å². The number of nitrogens with two attached hydrogens (primary N) is 1. The van der Waals surface area contributed by atoms with Crippen LogP contribution in [-0.4, -0.2) is 45.5 Å². The van der Waals surface area contributed by atoms with Gasteiger partial charge in [-0.25, -0.2) is 14.8 Å². The van der Waals surface area contributed by atoms with Crippen molar-refractivity contribution in [1.82, 2.24) is 9.97 Å². The Morgan fingerprint density at radius 1 is 1.27 bits per heavy atom. The number of nitrogen functional groups attached to an aromatic ring is 1. The molecule has 2 N–H and O–H groups in total. The summed E-state index contributed by atoms with van der Waals surface area (Å²) in [5, 5.41) is 0.513. The summed E-state index contributed by atoms with van der Waals surface area (Å²) < 4.78 is 4.93. The topological polar surface area (TPSA) is 98.4 Å². The number of esters is 1. The summed E-state index contributed by atoms with van der Waals surface area (Å²) in [7, 11) is 0. The number of rotatable bonds is 5. The highest BCUT2D eigenvalue weighted by atomic mass is 32.2. The maximum atomic E-state index is 13.2. The highest BCUT2D eigenvalue weighted by Crippen LogP contribution is 2.43. The fourth-order valence-corrected chi connectivity index (χ4v) is 5.23. The third kappa shape index (κ3) is 4.08. The highest BCUT2D eigenvalue weighted by molar-refractivity contribution is 8.00. The van der Waals surface area contributed by atoms with E-state index in [0.29, 0.717) is 5.16 Å². The summed E-state index contributed by atoms with van der Waals surface area (Å²) in [5.74, 6) is -0.413. The molecule has 0 unspecified atom stereocenters. The van der Waals surface area contributed by atoms with Gasteiger partial charge in [-0.05, 0) is 19.1 Å². The van der Waals surface area contributed by atoms with Crippen molar-refractivity contribution in [3.63, 3.8) is 0 Å². The molecule has 0 saturated heterocycles. The van der Waals surface area contributed by atoms with Gasteiger partial charge in [-0.1, -0.05) is 48.2 Å². The fraction of sp³-hybridized carbons (Fsp3) is 0.238. The average molecular weight is 441 g/mol. The zero-order valence-electron chi connectivity index (χ0n) is 16.2. The zero-order valence-corrected chi connectivity index (χ0v) is 17.9. The number of carbonyl (C=O) groups excluding carboxylic acids is 2. The summed E-state index contributed by atoms with van der Waals surface area (Å²) in [6.07, 6.45) is 9.50. The van der Waals surface area contributed by atoms with Crippen molar-refractivity contribution in [3.8, 4) is 0 Å². The van der Waals surface area contributed by atoms with Gasteiger partial charge in [0.05, 0.1) is 29.3 Å². The summed E-state index contributed by atoms with van der Waals surface area (Å²) in [6.45, 7) is 1.95. The summed E-state index contributed by atoms with van der Waals surface area (Å²) in [6, 6.07) is 7.88. The minimum absolute atomic E-state index is 0.0403. The lowest BCUT2D eigenvalue weighted by molar-refractivity contribution is -0.116. The van der Waals surface area contributed by atoms with Gasteiger partial charge in [0, 0.05) is 11.1 Å². The summed E-state index contributed by atoms with van der Waals surface area (Å²) in [5.41, 5.74) is 6.90. The predicted octanol–water partition coefficient (Wildman–Crippen LogP) is 3.33. The molecule has 1 amide bonds. The molecule has 1 aliphatic carbocycles. The molecule has 0 bridgehead atoms. The van der Waals surface area contributed by atoms with Gasteiger partial charge in [-0.15, -0.1) is 11.8 Å². The lowest BCUT2D eigenvalue weighted by atomic mass is 10.0. The van der Waals surface area contributed by atoms with Gasteiger partial charge in [0.15, 0.2) is 5.16 Å². The molecule has 2 atom stereocenters. The van der Waals surface area contributed by atoms with E-state index in [4.69, 9.17) is 10.5 Å². The standard InChI is InChI=1S/C21H20N4O3S2/c1-2-28-20(27)13-11-23-21(24-19(13)22)29-12-18(26)25-14-7-3-5-9-16(14)30-17-10-6-4-8-15(17)25/h3-11,14,16H,2,12H2,1H3,(H2,22,23,24)/t14-,16+/m0/s1. The van der Waals surface area contributed by atoms with Gasteiger partial charge >= 0.3 is 5.97 Å². The van der Waals surface area contributed by atoms with Crippen LogP contribution in [0.1, 0.15) is 17.3 Å². The number of anilines is 2. The van der Waals surface area contributed by atoms with Gasteiger partial charge in [0.25, 0.3) is 0 Å². The number of aromatic nitrogens is 2. The second-order valence-corrected chi connectivity index (χ2v) is 8.70. The van der Waals surface area contributed by atoms with Crippen LogP contribution < -0.4 is 10.6 Å². The van der Waals surface area contributed by atoms with Gasteiger partial charge < -0.3 is 15.4 Å². The molecule has 2 heterocycles. The van der Waals surface area contributed by atoms with Crippen molar-refractivity contribution in [1.29, 1.82) is 0 Å². The lowest BCUT2D eigenvalue weighted by Crippen LogP contribution is -2.48. The van der Waals surface area contributed by atoms with Crippen LogP contribution in [-0.2, 0) is 9.53 Å². The third-order valence-corrected chi connectivity index (χ3v) is 6.78. The average Bonchev–Trinajstić information content (AvgIpc) is 2.76. The van der Waals surface area contributed by atoms with E-state index in [1.165, 1.54) is 18.0 Å². The second kappa shape index (κ2) is 8.93. The largest absolute Gasteiger partial charge is 0.462 e. The Hall–Kier alpha value is -2.78. The molecule has 0 spiro atoms. The van der Waals surface area contributed by atoms with E-state index in [0.717, 1.165) is 10.6 Å². The predicted molar refractivity (Wildman–Crippen MR) is 119 cm³/mol. The van der Waals surface area contributed by atoms with Crippen molar-refractivity contribution in [3.05, 3.63) is 60.3 Å². The van der Waals surface area contributed by atoms with E-state index in [9.17, 15) is 9.59 Å². The number of allylic oxidation sites excluding steroid dienone is 2. The molecular weight excluding hydrogens is 420 g/mol. The van der Waals surface area contributed by atoms with Gasteiger partial charge in [0.1, 0.15) is 11.4 Å². The van der Waals surface area contributed by atoms with E-state index in [2.05, 4.69) is 22.1 Å². The highest BCUT2D eigenvalue weighted by Gasteiger charge is 2.36. The summed E-state index contributed by atoms with van der Waals surface area (Å²) in [4.78, 5) is 36.3. The monoisotopic (exact) mass is 440 g/mol. The van der Waals surface area contributed by atoms with Crippen molar-refractivity contribution in [2.75, 3.05) is 23.0 Å². The first kappa shape index (κ1) is 20.5. The van der Waals surface area contributed by atoms with Gasteiger partial charge in [-0.3, -0.25) is 4.79 Å². The van der Waals surface area contributed by atoms with E-state index < -0.39 is 5.97 Å². The Labute approximate surface area is 182 Å². The Morgan fingerprint density at radius 2 is 2.07 bits per heavy atom. The minimum Gasteiger partial charge on any atom is -0.462 e. The Bertz CT molecular complexity index is 1040. The van der Waals surface area contributed by atoms with Crippen LogP contribution in [0.2, 0.25) is 0 Å². The normalized spacial score (nSPS) is 19.2. The number of fused-ring (bicyclic) bond motifs is 2. The molecule has 30 heavy (non-hydrogen) atoms. The molecule has 1 aromatic heterocycles. The van der Waals surface area contributed by atoms with E-state index >= 15 is 0 Å². The maximum Gasteiger partial charge on any atom is 0.343 e. The lowest BCUT2D eigenvalue weighted by Gasteiger charge is -2.40. The quantitative estimate of drug-likeness (QED) is 0.429. The molecule has 1 aliphatic heterocycles. The molecule has 9 heteroatoms. The number of nitrogens with zero attached hydrogens (tertiary/aromatic N) is 3. The van der Waals surface area contributed by atoms with Crippen LogP contribution in [0.25, 0.3) is 0 Å². The number of amides is 1. The molecular formula is C21H20N4O3S2. The van der Waals surface area contributed by atoms with E-state index in [-0.39, 0.29) is 40.9 Å². The molecule has 2 aromatic rings. The molecule has 0 fully saturated rings. The van der Waals surface area contributed by atoms with Gasteiger partial charge in [-0.2, -0.15) is 0 Å². The number of ether oxygens (including phenoxy) is 1. The molecule has 4 rings (SSSR count). The minimum atomic E-state index is -0.562. The van der Waals surface area contributed by atoms with Crippen LogP contribution in [0.4, 0.5) is 11.5 Å². The van der Waals surface area contributed by atoms with Crippen LogP contribution in [0, 0.1) is 0 Å². The molecule has 154 valence electrons. The third-order valence-electron chi connectivity index (χ3n) is 4.63. The Kier molecular flexibility index (Phi) is 6.10. The molecule has 1 aromatic carbocycles. The maximum absolute atomic E-state index is 13.2. The smallest absolute Gasteiger partial charge is 0.343 e. The number of hydrogen-bond donors (Lipinski definition) is 1. The Morgan fingerprint density at radius 3 is 2.87 bits per heavy atom. The van der Waals surface area contributed by atoms with Crippen molar-refractivity contribution < 1.29 is 14.3 Å². The number of benzene rings is 1. The van der Waals surface area contributed by atoms with Gasteiger partial charge in [0.2, 0.25) is 5.91 Å². The number of carbonyl (C=O) groups is 2. The second-order valence-electron chi connectivity index (χ2n) is 6.53. The molecule has 0 saturated carbocycles. The number of hydrogen-bond acceptors (Lipinski definition) is 8. The number of para-hydroxylation sites is 1. The van der Waals surface area contributed by atoms with Crippen molar-refractivity contribution in [2.45, 2.75) is 28.3 Å². The van der Waals surface area contributed by atoms with Crippen molar-refractivity contribution in [2.24, 2.45) is 0 Å². The van der Waals surface area contributed by atoms with E-state index in [1.54, 1.807) is 18.7 Å². The first-order chi connectivity index (χ1) is 14.6. The molecule has 7 nitrogen and oxygen atoms in total. The first-order valence-electron chi connectivity index (χ1n) is 9.43. The SMILES string of the molecule is CCOC(=O)c1cnc(SCC(=O)N2c3ccccc3S[C@@H]3C=CC=C[C@@H]32)nc1N. The first-order valence-corrected chi connectivity index (χ1v) is 11.3. The van der Waals surface area contributed by atoms with Crippen LogP contribution in [0.5, 0.6) is 0 Å².